The first-order chi connectivity index (χ1) is 16.3. The number of nitrogens with zero attached hydrogens (tertiary/aromatic N) is 3. The molecule has 0 bridgehead atoms. The van der Waals surface area contributed by atoms with Crippen LogP contribution in [0.25, 0.3) is 22.9 Å². The first-order valence-corrected chi connectivity index (χ1v) is 11.1. The molecule has 172 valence electrons. The quantitative estimate of drug-likeness (QED) is 0.366. The van der Waals surface area contributed by atoms with Crippen molar-refractivity contribution in [1.82, 2.24) is 20.3 Å². The van der Waals surface area contributed by atoms with Crippen LogP contribution in [0.1, 0.15) is 37.7 Å². The van der Waals surface area contributed by atoms with E-state index in [0.717, 1.165) is 17.7 Å². The predicted molar refractivity (Wildman–Crippen MR) is 126 cm³/mol. The van der Waals surface area contributed by atoms with Crippen molar-refractivity contribution in [3.05, 3.63) is 99.9 Å². The molecule has 0 unspecified atom stereocenters. The summed E-state index contributed by atoms with van der Waals surface area (Å²) in [6.45, 7) is 2.18. The van der Waals surface area contributed by atoms with Crippen LogP contribution in [-0.4, -0.2) is 20.9 Å². The molecule has 1 N–H and O–H groups in total. The zero-order valence-corrected chi connectivity index (χ0v) is 18.8. The molecule has 34 heavy (non-hydrogen) atoms. The van der Waals surface area contributed by atoms with Crippen LogP contribution in [0, 0.1) is 6.92 Å². The SMILES string of the molecule is Cc1nc(-c2cncc(C=Cc3ccc(C(F)(F)F)cc3)n2)sc1C(=O)NCc1ccccc1. The van der Waals surface area contributed by atoms with Crippen LogP contribution < -0.4 is 5.32 Å². The number of carbonyl (C=O) groups excluding carboxylic acids is 1. The lowest BCUT2D eigenvalue weighted by Gasteiger charge is -2.05. The van der Waals surface area contributed by atoms with Crippen molar-refractivity contribution in [2.45, 2.75) is 19.6 Å². The van der Waals surface area contributed by atoms with Gasteiger partial charge in [-0.05, 0) is 36.3 Å². The molecule has 0 atom stereocenters. The van der Waals surface area contributed by atoms with Crippen molar-refractivity contribution in [2.24, 2.45) is 0 Å². The second-order valence-electron chi connectivity index (χ2n) is 7.38. The minimum Gasteiger partial charge on any atom is -0.347 e. The molecule has 0 saturated heterocycles. The number of thiazole rings is 1. The summed E-state index contributed by atoms with van der Waals surface area (Å²) >= 11 is 1.23. The summed E-state index contributed by atoms with van der Waals surface area (Å²) in [6, 6.07) is 14.5. The molecule has 0 spiro atoms. The molecule has 0 aliphatic heterocycles. The minimum atomic E-state index is -4.37. The number of aryl methyl sites for hydroxylation is 1. The molecule has 0 radical (unpaired) electrons. The fourth-order valence-corrected chi connectivity index (χ4v) is 4.04. The highest BCUT2D eigenvalue weighted by Gasteiger charge is 2.29. The molecule has 5 nitrogen and oxygen atoms in total. The number of rotatable bonds is 6. The summed E-state index contributed by atoms with van der Waals surface area (Å²) in [7, 11) is 0. The van der Waals surface area contributed by atoms with E-state index in [1.165, 1.54) is 29.7 Å². The molecule has 0 aliphatic rings. The summed E-state index contributed by atoms with van der Waals surface area (Å²) in [6.07, 6.45) is 2.04. The Labute approximate surface area is 198 Å². The van der Waals surface area contributed by atoms with Gasteiger partial charge in [0.2, 0.25) is 0 Å². The smallest absolute Gasteiger partial charge is 0.347 e. The normalized spacial score (nSPS) is 11.6. The number of halogens is 3. The van der Waals surface area contributed by atoms with Crippen LogP contribution in [0.3, 0.4) is 0 Å². The molecule has 2 heterocycles. The van der Waals surface area contributed by atoms with Crippen LogP contribution in [-0.2, 0) is 12.7 Å². The summed E-state index contributed by atoms with van der Waals surface area (Å²) in [4.78, 5) is 26.3. The Kier molecular flexibility index (Phi) is 6.83. The zero-order chi connectivity index (χ0) is 24.1. The van der Waals surface area contributed by atoms with Crippen LogP contribution in [0.15, 0.2) is 67.0 Å². The van der Waals surface area contributed by atoms with E-state index in [2.05, 4.69) is 20.3 Å². The number of hydrogen-bond acceptors (Lipinski definition) is 5. The molecule has 0 aliphatic carbocycles. The Morgan fingerprint density at radius 3 is 2.44 bits per heavy atom. The summed E-state index contributed by atoms with van der Waals surface area (Å²) in [5, 5.41) is 3.45. The Morgan fingerprint density at radius 1 is 1.00 bits per heavy atom. The summed E-state index contributed by atoms with van der Waals surface area (Å²) in [5.74, 6) is -0.212. The van der Waals surface area contributed by atoms with Gasteiger partial charge in [0.25, 0.3) is 5.91 Å². The average Bonchev–Trinajstić information content (AvgIpc) is 3.23. The van der Waals surface area contributed by atoms with E-state index in [1.54, 1.807) is 25.3 Å². The van der Waals surface area contributed by atoms with E-state index in [-0.39, 0.29) is 5.91 Å². The van der Waals surface area contributed by atoms with E-state index < -0.39 is 11.7 Å². The highest BCUT2D eigenvalue weighted by Crippen LogP contribution is 2.29. The molecule has 1 amide bonds. The monoisotopic (exact) mass is 480 g/mol. The maximum atomic E-state index is 12.7. The number of alkyl halides is 3. The van der Waals surface area contributed by atoms with Crippen LogP contribution in [0.2, 0.25) is 0 Å². The van der Waals surface area contributed by atoms with Crippen molar-refractivity contribution in [2.75, 3.05) is 0 Å². The number of aromatic nitrogens is 3. The summed E-state index contributed by atoms with van der Waals surface area (Å²) in [5.41, 5.74) is 2.51. The lowest BCUT2D eigenvalue weighted by Crippen LogP contribution is -2.22. The third-order valence-corrected chi connectivity index (χ3v) is 6.03. The number of amides is 1. The third-order valence-electron chi connectivity index (χ3n) is 4.86. The Balaban J connectivity index is 1.47. The fourth-order valence-electron chi connectivity index (χ4n) is 3.10. The van der Waals surface area contributed by atoms with Gasteiger partial charge in [-0.1, -0.05) is 48.5 Å². The van der Waals surface area contributed by atoms with E-state index in [0.29, 0.717) is 39.1 Å². The van der Waals surface area contributed by atoms with Crippen LogP contribution in [0.4, 0.5) is 13.2 Å². The van der Waals surface area contributed by atoms with Gasteiger partial charge in [-0.3, -0.25) is 9.78 Å². The Morgan fingerprint density at radius 2 is 1.74 bits per heavy atom. The van der Waals surface area contributed by atoms with Gasteiger partial charge in [-0.15, -0.1) is 11.3 Å². The van der Waals surface area contributed by atoms with Gasteiger partial charge in [-0.25, -0.2) is 9.97 Å². The maximum Gasteiger partial charge on any atom is 0.416 e. The largest absolute Gasteiger partial charge is 0.416 e. The van der Waals surface area contributed by atoms with Gasteiger partial charge in [0.1, 0.15) is 15.6 Å². The first kappa shape index (κ1) is 23.3. The second-order valence-corrected chi connectivity index (χ2v) is 8.38. The van der Waals surface area contributed by atoms with Crippen molar-refractivity contribution < 1.29 is 18.0 Å². The molecule has 4 rings (SSSR count). The van der Waals surface area contributed by atoms with Crippen LogP contribution in [0.5, 0.6) is 0 Å². The lowest BCUT2D eigenvalue weighted by molar-refractivity contribution is -0.137. The highest BCUT2D eigenvalue weighted by molar-refractivity contribution is 7.17. The van der Waals surface area contributed by atoms with Gasteiger partial charge in [0, 0.05) is 6.54 Å². The second kappa shape index (κ2) is 9.96. The van der Waals surface area contributed by atoms with Gasteiger partial charge in [0.15, 0.2) is 0 Å². The van der Waals surface area contributed by atoms with Crippen molar-refractivity contribution >= 4 is 29.4 Å². The van der Waals surface area contributed by atoms with Gasteiger partial charge < -0.3 is 5.32 Å². The summed E-state index contributed by atoms with van der Waals surface area (Å²) < 4.78 is 38.1. The Bertz CT molecular complexity index is 1320. The maximum absolute atomic E-state index is 12.7. The van der Waals surface area contributed by atoms with Gasteiger partial charge in [-0.2, -0.15) is 13.2 Å². The standard InChI is InChI=1S/C25H19F3N4OS/c1-16-22(23(33)30-13-18-5-3-2-4-6-18)34-24(31-16)21-15-29-14-20(32-21)12-9-17-7-10-19(11-8-17)25(26,27)28/h2-12,14-15H,13H2,1H3,(H,30,33). The topological polar surface area (TPSA) is 67.8 Å². The molecule has 2 aromatic carbocycles. The number of carbonyl (C=O) groups is 1. The minimum absolute atomic E-state index is 0.212. The molecule has 0 fully saturated rings. The van der Waals surface area contributed by atoms with Gasteiger partial charge >= 0.3 is 6.18 Å². The number of nitrogens with one attached hydrogen (secondary N) is 1. The zero-order valence-electron chi connectivity index (χ0n) is 18.0. The molecule has 2 aromatic heterocycles. The van der Waals surface area contributed by atoms with Crippen LogP contribution >= 0.6 is 11.3 Å². The van der Waals surface area contributed by atoms with E-state index in [1.807, 2.05) is 30.3 Å². The van der Waals surface area contributed by atoms with Crippen molar-refractivity contribution in [3.8, 4) is 10.7 Å². The molecular weight excluding hydrogens is 461 g/mol. The fraction of sp³-hybridized carbons (Fsp3) is 0.120. The van der Waals surface area contributed by atoms with Gasteiger partial charge in [0.05, 0.1) is 29.3 Å². The van der Waals surface area contributed by atoms with Crippen molar-refractivity contribution in [3.63, 3.8) is 0 Å². The molecule has 0 saturated carbocycles. The first-order valence-electron chi connectivity index (χ1n) is 10.3. The Hall–Kier alpha value is -3.85. The molecule has 4 aromatic rings. The van der Waals surface area contributed by atoms with E-state index in [4.69, 9.17) is 0 Å². The average molecular weight is 481 g/mol. The van der Waals surface area contributed by atoms with Crippen molar-refractivity contribution in [1.29, 1.82) is 0 Å². The van der Waals surface area contributed by atoms with E-state index in [9.17, 15) is 18.0 Å². The number of hydrogen-bond donors (Lipinski definition) is 1. The van der Waals surface area contributed by atoms with E-state index >= 15 is 0 Å². The lowest BCUT2D eigenvalue weighted by atomic mass is 10.1. The molecule has 9 heteroatoms. The predicted octanol–water partition coefficient (Wildman–Crippen LogP) is 6.03. The molecular formula is C25H19F3N4OS. The third kappa shape index (κ3) is 5.74. The number of benzene rings is 2. The highest BCUT2D eigenvalue weighted by atomic mass is 32.1.